The van der Waals surface area contributed by atoms with Gasteiger partial charge in [0.15, 0.2) is 5.69 Å². The van der Waals surface area contributed by atoms with Gasteiger partial charge in [0, 0.05) is 23.8 Å². The normalized spacial score (nSPS) is 10.6. The van der Waals surface area contributed by atoms with Crippen LogP contribution in [0, 0.1) is 0 Å². The second kappa shape index (κ2) is 8.48. The van der Waals surface area contributed by atoms with Crippen molar-refractivity contribution in [1.82, 2.24) is 9.78 Å². The fourth-order valence-corrected chi connectivity index (χ4v) is 3.16. The van der Waals surface area contributed by atoms with Gasteiger partial charge in [0.05, 0.1) is 11.4 Å². The quantitative estimate of drug-likeness (QED) is 0.443. The number of carbonyl (C=O) groups excluding carboxylic acids is 2. The van der Waals surface area contributed by atoms with Gasteiger partial charge in [0.2, 0.25) is 0 Å². The van der Waals surface area contributed by atoms with Crippen LogP contribution in [-0.4, -0.2) is 21.7 Å². The molecule has 3 aromatic carbocycles. The van der Waals surface area contributed by atoms with Crippen LogP contribution in [0.1, 0.15) is 17.4 Å². The van der Waals surface area contributed by atoms with Crippen molar-refractivity contribution in [2.75, 3.05) is 16.0 Å². The number of benzene rings is 3. The van der Waals surface area contributed by atoms with Crippen molar-refractivity contribution < 1.29 is 9.59 Å². The highest BCUT2D eigenvalue weighted by Gasteiger charge is 2.19. The lowest BCUT2D eigenvalue weighted by Gasteiger charge is -2.10. The fourth-order valence-electron chi connectivity index (χ4n) is 3.16. The lowest BCUT2D eigenvalue weighted by Crippen LogP contribution is -2.22. The van der Waals surface area contributed by atoms with Gasteiger partial charge in [0.25, 0.3) is 5.91 Å². The summed E-state index contributed by atoms with van der Waals surface area (Å²) >= 11 is 0. The van der Waals surface area contributed by atoms with Crippen molar-refractivity contribution in [3.63, 3.8) is 0 Å². The zero-order valence-electron chi connectivity index (χ0n) is 16.4. The van der Waals surface area contributed by atoms with E-state index in [0.29, 0.717) is 23.6 Å². The van der Waals surface area contributed by atoms with Gasteiger partial charge in [-0.25, -0.2) is 4.79 Å². The van der Waals surface area contributed by atoms with Crippen LogP contribution < -0.4 is 16.0 Å². The van der Waals surface area contributed by atoms with Crippen molar-refractivity contribution >= 4 is 39.8 Å². The van der Waals surface area contributed by atoms with E-state index in [2.05, 4.69) is 21.0 Å². The minimum atomic E-state index is -0.448. The number of anilines is 3. The Kier molecular flexibility index (Phi) is 5.43. The molecule has 3 N–H and O–H groups in total. The lowest BCUT2D eigenvalue weighted by atomic mass is 10.1. The highest BCUT2D eigenvalue weighted by molar-refractivity contribution is 6.11. The van der Waals surface area contributed by atoms with Gasteiger partial charge < -0.3 is 16.0 Å². The molecule has 0 unspecified atom stereocenters. The van der Waals surface area contributed by atoms with Crippen molar-refractivity contribution in [2.24, 2.45) is 0 Å². The molecule has 0 aliphatic carbocycles. The molecule has 4 rings (SSSR count). The second-order valence-electron chi connectivity index (χ2n) is 6.67. The molecule has 1 aromatic heterocycles. The van der Waals surface area contributed by atoms with Crippen molar-refractivity contribution in [3.8, 4) is 0 Å². The van der Waals surface area contributed by atoms with Crippen LogP contribution in [0.3, 0.4) is 0 Å². The first-order valence-corrected chi connectivity index (χ1v) is 9.63. The first-order valence-electron chi connectivity index (χ1n) is 9.63. The standard InChI is InChI=1S/C23H21N5O2/c1-2-28-15-20(21(27-28)22(29)24-17-11-4-3-5-12-17)26-23(30)25-19-14-8-10-16-9-6-7-13-18(16)19/h3-15H,2H2,1H3,(H,24,29)(H2,25,26,30). The van der Waals surface area contributed by atoms with E-state index in [9.17, 15) is 9.59 Å². The van der Waals surface area contributed by atoms with Crippen LogP contribution in [0.5, 0.6) is 0 Å². The molecule has 150 valence electrons. The number of rotatable bonds is 5. The number of hydrogen-bond acceptors (Lipinski definition) is 3. The van der Waals surface area contributed by atoms with Gasteiger partial charge >= 0.3 is 6.03 Å². The fraction of sp³-hybridized carbons (Fsp3) is 0.0870. The number of aromatic nitrogens is 2. The van der Waals surface area contributed by atoms with Gasteiger partial charge in [-0.3, -0.25) is 9.48 Å². The third kappa shape index (κ3) is 4.15. The molecule has 0 saturated carbocycles. The molecular formula is C23H21N5O2. The molecular weight excluding hydrogens is 378 g/mol. The Morgan fingerprint density at radius 3 is 2.33 bits per heavy atom. The minimum absolute atomic E-state index is 0.147. The number of para-hydroxylation sites is 1. The summed E-state index contributed by atoms with van der Waals surface area (Å²) in [4.78, 5) is 25.4. The van der Waals surface area contributed by atoms with E-state index in [-0.39, 0.29) is 5.69 Å². The summed E-state index contributed by atoms with van der Waals surface area (Å²) in [6.45, 7) is 2.48. The van der Waals surface area contributed by atoms with Crippen LogP contribution >= 0.6 is 0 Å². The molecule has 0 radical (unpaired) electrons. The lowest BCUT2D eigenvalue weighted by molar-refractivity contribution is 0.102. The van der Waals surface area contributed by atoms with Gasteiger partial charge in [-0.05, 0) is 30.5 Å². The Morgan fingerprint density at radius 1 is 0.833 bits per heavy atom. The van der Waals surface area contributed by atoms with Crippen molar-refractivity contribution in [3.05, 3.63) is 84.7 Å². The van der Waals surface area contributed by atoms with Crippen molar-refractivity contribution in [2.45, 2.75) is 13.5 Å². The predicted octanol–water partition coefficient (Wildman–Crippen LogP) is 4.95. The smallest absolute Gasteiger partial charge is 0.321 e. The molecule has 7 nitrogen and oxygen atoms in total. The third-order valence-corrected chi connectivity index (χ3v) is 4.62. The maximum Gasteiger partial charge on any atom is 0.323 e. The van der Waals surface area contributed by atoms with Crippen LogP contribution in [-0.2, 0) is 6.54 Å². The predicted molar refractivity (Wildman–Crippen MR) is 119 cm³/mol. The highest BCUT2D eigenvalue weighted by Crippen LogP contribution is 2.23. The Bertz CT molecular complexity index is 1200. The van der Waals surface area contributed by atoms with E-state index in [4.69, 9.17) is 0 Å². The molecule has 0 aliphatic rings. The molecule has 7 heteroatoms. The summed E-state index contributed by atoms with van der Waals surface area (Å²) in [6, 6.07) is 22.1. The maximum atomic E-state index is 12.7. The van der Waals surface area contributed by atoms with Gasteiger partial charge in [-0.2, -0.15) is 5.10 Å². The summed E-state index contributed by atoms with van der Waals surface area (Å²) in [5.74, 6) is -0.395. The van der Waals surface area contributed by atoms with E-state index in [1.54, 1.807) is 23.0 Å². The molecule has 0 aliphatic heterocycles. The second-order valence-corrected chi connectivity index (χ2v) is 6.67. The van der Waals surface area contributed by atoms with E-state index < -0.39 is 11.9 Å². The summed E-state index contributed by atoms with van der Waals surface area (Å²) in [7, 11) is 0. The molecule has 0 spiro atoms. The Balaban J connectivity index is 1.54. The van der Waals surface area contributed by atoms with Gasteiger partial charge in [-0.15, -0.1) is 0 Å². The zero-order valence-corrected chi connectivity index (χ0v) is 16.4. The molecule has 0 bridgehead atoms. The number of carbonyl (C=O) groups is 2. The van der Waals surface area contributed by atoms with E-state index in [0.717, 1.165) is 10.8 Å². The minimum Gasteiger partial charge on any atom is -0.321 e. The number of fused-ring (bicyclic) bond motifs is 1. The van der Waals surface area contributed by atoms with E-state index >= 15 is 0 Å². The summed E-state index contributed by atoms with van der Waals surface area (Å²) < 4.78 is 1.60. The van der Waals surface area contributed by atoms with Crippen LogP contribution in [0.2, 0.25) is 0 Å². The number of urea groups is 1. The Hall–Kier alpha value is -4.13. The molecule has 1 heterocycles. The van der Waals surface area contributed by atoms with Gasteiger partial charge in [0.1, 0.15) is 0 Å². The number of hydrogen-bond donors (Lipinski definition) is 3. The molecule has 0 saturated heterocycles. The van der Waals surface area contributed by atoms with Crippen LogP contribution in [0.15, 0.2) is 79.0 Å². The summed E-state index contributed by atoms with van der Waals surface area (Å²) in [5, 5.41) is 14.7. The monoisotopic (exact) mass is 399 g/mol. The molecule has 0 atom stereocenters. The van der Waals surface area contributed by atoms with Crippen molar-refractivity contribution in [1.29, 1.82) is 0 Å². The summed E-state index contributed by atoms with van der Waals surface area (Å²) in [6.07, 6.45) is 1.64. The SMILES string of the molecule is CCn1cc(NC(=O)Nc2cccc3ccccc23)c(C(=O)Nc2ccccc2)n1. The number of nitrogens with zero attached hydrogens (tertiary/aromatic N) is 2. The average Bonchev–Trinajstić information content (AvgIpc) is 3.17. The maximum absolute atomic E-state index is 12.7. The molecule has 30 heavy (non-hydrogen) atoms. The van der Waals surface area contributed by atoms with E-state index in [1.165, 1.54) is 0 Å². The van der Waals surface area contributed by atoms with E-state index in [1.807, 2.05) is 67.6 Å². The first kappa shape index (κ1) is 19.2. The number of amides is 3. The topological polar surface area (TPSA) is 88.0 Å². The molecule has 3 amide bonds. The van der Waals surface area contributed by atoms with Gasteiger partial charge in [-0.1, -0.05) is 54.6 Å². The number of aryl methyl sites for hydroxylation is 1. The zero-order chi connectivity index (χ0) is 20.9. The Morgan fingerprint density at radius 2 is 1.53 bits per heavy atom. The first-order chi connectivity index (χ1) is 14.6. The number of nitrogens with one attached hydrogen (secondary N) is 3. The highest BCUT2D eigenvalue weighted by atomic mass is 16.2. The van der Waals surface area contributed by atoms with Crippen LogP contribution in [0.4, 0.5) is 21.9 Å². The third-order valence-electron chi connectivity index (χ3n) is 4.62. The molecule has 4 aromatic rings. The molecule has 0 fully saturated rings. The Labute approximate surface area is 173 Å². The average molecular weight is 399 g/mol. The van der Waals surface area contributed by atoms with Crippen LogP contribution in [0.25, 0.3) is 10.8 Å². The summed E-state index contributed by atoms with van der Waals surface area (Å²) in [5.41, 5.74) is 1.82. The largest absolute Gasteiger partial charge is 0.323 e.